The summed E-state index contributed by atoms with van der Waals surface area (Å²) in [5, 5.41) is 2.04. The van der Waals surface area contributed by atoms with Crippen LogP contribution in [0.4, 0.5) is 0 Å². The summed E-state index contributed by atoms with van der Waals surface area (Å²) < 4.78 is 0.825. The number of carbonyl (C=O) groups is 1. The molecule has 1 aliphatic heterocycles. The standard InChI is InChI=1S/C11H10ClN3OS/c12-11-13-7-3-6-17-9(7)8(14-11)10(16)15-4-1-2-5-15/h3,6H,1-2,4-5H2. The van der Waals surface area contributed by atoms with E-state index in [0.717, 1.165) is 36.1 Å². The molecule has 0 unspecified atom stereocenters. The minimum absolute atomic E-state index is 0.0285. The molecule has 0 atom stereocenters. The minimum atomic E-state index is -0.0285. The van der Waals surface area contributed by atoms with Crippen molar-refractivity contribution in [3.05, 3.63) is 22.4 Å². The van der Waals surface area contributed by atoms with E-state index in [-0.39, 0.29) is 11.2 Å². The molecule has 0 aliphatic carbocycles. The molecule has 2 aromatic heterocycles. The maximum atomic E-state index is 12.3. The van der Waals surface area contributed by atoms with E-state index in [4.69, 9.17) is 11.6 Å². The van der Waals surface area contributed by atoms with Crippen LogP contribution in [-0.2, 0) is 0 Å². The Morgan fingerprint density at radius 1 is 1.35 bits per heavy atom. The van der Waals surface area contributed by atoms with Crippen LogP contribution in [0.1, 0.15) is 23.3 Å². The first-order valence-corrected chi connectivity index (χ1v) is 6.71. The van der Waals surface area contributed by atoms with Crippen molar-refractivity contribution in [2.24, 2.45) is 0 Å². The van der Waals surface area contributed by atoms with Gasteiger partial charge in [-0.05, 0) is 35.9 Å². The van der Waals surface area contributed by atoms with Crippen molar-refractivity contribution in [1.29, 1.82) is 0 Å². The quantitative estimate of drug-likeness (QED) is 0.746. The summed E-state index contributed by atoms with van der Waals surface area (Å²) in [5.74, 6) is -0.0285. The smallest absolute Gasteiger partial charge is 0.274 e. The Bertz CT molecular complexity index is 577. The Morgan fingerprint density at radius 3 is 2.88 bits per heavy atom. The van der Waals surface area contributed by atoms with Gasteiger partial charge in [0, 0.05) is 13.1 Å². The summed E-state index contributed by atoms with van der Waals surface area (Å²) in [6.07, 6.45) is 2.14. The average molecular weight is 268 g/mol. The predicted octanol–water partition coefficient (Wildman–Crippen LogP) is 2.58. The zero-order valence-electron chi connectivity index (χ0n) is 9.02. The first-order valence-electron chi connectivity index (χ1n) is 5.46. The van der Waals surface area contributed by atoms with Crippen LogP contribution < -0.4 is 0 Å². The van der Waals surface area contributed by atoms with E-state index in [0.29, 0.717) is 5.69 Å². The van der Waals surface area contributed by atoms with Gasteiger partial charge in [-0.1, -0.05) is 0 Å². The Hall–Kier alpha value is -1.20. The molecule has 3 rings (SSSR count). The van der Waals surface area contributed by atoms with E-state index in [1.807, 2.05) is 16.3 Å². The van der Waals surface area contributed by atoms with Gasteiger partial charge in [-0.2, -0.15) is 0 Å². The molecule has 17 heavy (non-hydrogen) atoms. The van der Waals surface area contributed by atoms with Crippen LogP contribution in [0.3, 0.4) is 0 Å². The minimum Gasteiger partial charge on any atom is -0.337 e. The van der Waals surface area contributed by atoms with Gasteiger partial charge in [0.1, 0.15) is 0 Å². The highest BCUT2D eigenvalue weighted by atomic mass is 35.5. The molecule has 3 heterocycles. The second-order valence-electron chi connectivity index (χ2n) is 3.98. The molecule has 0 bridgehead atoms. The molecular formula is C11H10ClN3OS. The number of hydrogen-bond acceptors (Lipinski definition) is 4. The van der Waals surface area contributed by atoms with Crippen molar-refractivity contribution in [2.75, 3.05) is 13.1 Å². The van der Waals surface area contributed by atoms with E-state index in [2.05, 4.69) is 9.97 Å². The van der Waals surface area contributed by atoms with Gasteiger partial charge in [-0.25, -0.2) is 9.97 Å². The molecule has 4 nitrogen and oxygen atoms in total. The first kappa shape index (κ1) is 10.9. The molecule has 0 spiro atoms. The van der Waals surface area contributed by atoms with Crippen LogP contribution in [0.5, 0.6) is 0 Å². The van der Waals surface area contributed by atoms with E-state index >= 15 is 0 Å². The van der Waals surface area contributed by atoms with Gasteiger partial charge in [0.05, 0.1) is 10.2 Å². The normalized spacial score (nSPS) is 15.7. The van der Waals surface area contributed by atoms with Gasteiger partial charge in [0.25, 0.3) is 5.91 Å². The van der Waals surface area contributed by atoms with Crippen molar-refractivity contribution in [3.8, 4) is 0 Å². The number of carbonyl (C=O) groups excluding carboxylic acids is 1. The number of nitrogens with zero attached hydrogens (tertiary/aromatic N) is 3. The molecule has 0 saturated carbocycles. The summed E-state index contributed by atoms with van der Waals surface area (Å²) in [4.78, 5) is 22.3. The zero-order valence-corrected chi connectivity index (χ0v) is 10.6. The van der Waals surface area contributed by atoms with Crippen LogP contribution in [0.15, 0.2) is 11.4 Å². The highest BCUT2D eigenvalue weighted by molar-refractivity contribution is 7.17. The topological polar surface area (TPSA) is 46.1 Å². The molecule has 0 radical (unpaired) electrons. The van der Waals surface area contributed by atoms with Gasteiger partial charge >= 0.3 is 0 Å². The number of rotatable bonds is 1. The molecular weight excluding hydrogens is 258 g/mol. The molecule has 6 heteroatoms. The number of amides is 1. The van der Waals surface area contributed by atoms with Gasteiger partial charge < -0.3 is 4.90 Å². The summed E-state index contributed by atoms with van der Waals surface area (Å²) in [6.45, 7) is 1.63. The largest absolute Gasteiger partial charge is 0.337 e. The average Bonchev–Trinajstić information content (AvgIpc) is 2.97. The Balaban J connectivity index is 2.09. The lowest BCUT2D eigenvalue weighted by atomic mass is 10.3. The number of likely N-dealkylation sites (tertiary alicyclic amines) is 1. The van der Waals surface area contributed by atoms with Crippen LogP contribution in [-0.4, -0.2) is 33.9 Å². The Morgan fingerprint density at radius 2 is 2.12 bits per heavy atom. The fourth-order valence-corrected chi connectivity index (χ4v) is 3.04. The van der Waals surface area contributed by atoms with Gasteiger partial charge in [0.15, 0.2) is 5.69 Å². The van der Waals surface area contributed by atoms with Crippen molar-refractivity contribution in [2.45, 2.75) is 12.8 Å². The Labute approximate surface area is 107 Å². The highest BCUT2D eigenvalue weighted by Crippen LogP contribution is 2.25. The van der Waals surface area contributed by atoms with Crippen LogP contribution in [0.2, 0.25) is 5.28 Å². The number of thiophene rings is 1. The molecule has 88 valence electrons. The number of fused-ring (bicyclic) bond motifs is 1. The number of hydrogen-bond donors (Lipinski definition) is 0. The fraction of sp³-hybridized carbons (Fsp3) is 0.364. The fourth-order valence-electron chi connectivity index (χ4n) is 2.05. The van der Waals surface area contributed by atoms with Crippen LogP contribution >= 0.6 is 22.9 Å². The molecule has 0 aromatic carbocycles. The second kappa shape index (κ2) is 4.23. The summed E-state index contributed by atoms with van der Waals surface area (Å²) in [7, 11) is 0. The maximum absolute atomic E-state index is 12.3. The third-order valence-electron chi connectivity index (χ3n) is 2.87. The number of halogens is 1. The third-order valence-corrected chi connectivity index (χ3v) is 3.95. The van der Waals surface area contributed by atoms with Gasteiger partial charge in [-0.3, -0.25) is 4.79 Å². The summed E-state index contributed by atoms with van der Waals surface area (Å²) in [5.41, 5.74) is 1.19. The number of aromatic nitrogens is 2. The first-order chi connectivity index (χ1) is 8.25. The van der Waals surface area contributed by atoms with Crippen molar-refractivity contribution >= 4 is 39.1 Å². The van der Waals surface area contributed by atoms with Crippen LogP contribution in [0, 0.1) is 0 Å². The molecule has 0 N–H and O–H groups in total. The molecule has 1 fully saturated rings. The zero-order chi connectivity index (χ0) is 11.8. The molecule has 1 saturated heterocycles. The SMILES string of the molecule is O=C(c1nc(Cl)nc2ccsc12)N1CCCC1. The van der Waals surface area contributed by atoms with E-state index in [9.17, 15) is 4.79 Å². The maximum Gasteiger partial charge on any atom is 0.274 e. The van der Waals surface area contributed by atoms with Crippen LogP contribution in [0.25, 0.3) is 10.2 Å². The van der Waals surface area contributed by atoms with E-state index in [1.165, 1.54) is 11.3 Å². The predicted molar refractivity (Wildman–Crippen MR) is 67.6 cm³/mol. The second-order valence-corrected chi connectivity index (χ2v) is 5.23. The third kappa shape index (κ3) is 1.89. The Kier molecular flexibility index (Phi) is 2.72. The molecule has 1 amide bonds. The lowest BCUT2D eigenvalue weighted by Crippen LogP contribution is -2.28. The monoisotopic (exact) mass is 267 g/mol. The van der Waals surface area contributed by atoms with Crippen molar-refractivity contribution < 1.29 is 4.79 Å². The summed E-state index contributed by atoms with van der Waals surface area (Å²) >= 11 is 7.32. The molecule has 2 aromatic rings. The lowest BCUT2D eigenvalue weighted by molar-refractivity contribution is 0.0789. The van der Waals surface area contributed by atoms with E-state index in [1.54, 1.807) is 0 Å². The highest BCUT2D eigenvalue weighted by Gasteiger charge is 2.23. The molecule has 1 aliphatic rings. The van der Waals surface area contributed by atoms with Gasteiger partial charge in [0.2, 0.25) is 5.28 Å². The van der Waals surface area contributed by atoms with Crippen molar-refractivity contribution in [1.82, 2.24) is 14.9 Å². The van der Waals surface area contributed by atoms with Gasteiger partial charge in [-0.15, -0.1) is 11.3 Å². The summed E-state index contributed by atoms with van der Waals surface area (Å²) in [6, 6.07) is 1.86. The van der Waals surface area contributed by atoms with E-state index < -0.39 is 0 Å². The lowest BCUT2D eigenvalue weighted by Gasteiger charge is -2.14. The van der Waals surface area contributed by atoms with Crippen molar-refractivity contribution in [3.63, 3.8) is 0 Å².